The van der Waals surface area contributed by atoms with Crippen molar-refractivity contribution in [2.45, 2.75) is 26.7 Å². The predicted molar refractivity (Wildman–Crippen MR) is 41.9 cm³/mol. The van der Waals surface area contributed by atoms with Crippen LogP contribution in [0.25, 0.3) is 0 Å². The van der Waals surface area contributed by atoms with Crippen molar-refractivity contribution in [1.29, 1.82) is 0 Å². The van der Waals surface area contributed by atoms with Gasteiger partial charge in [0.2, 0.25) is 0 Å². The Morgan fingerprint density at radius 1 is 1.55 bits per heavy atom. The Bertz CT molecular complexity index is 230. The van der Waals surface area contributed by atoms with E-state index in [-0.39, 0.29) is 11.7 Å². The van der Waals surface area contributed by atoms with Gasteiger partial charge < -0.3 is 0 Å². The molecule has 0 N–H and O–H groups in total. The standard InChI is InChI=1S/C8H11NO2/c1-5-3-4-7(9-11)6(2)8(5)10/h5H,3-4H2,1-2H3. The second kappa shape index (κ2) is 2.95. The van der Waals surface area contributed by atoms with E-state index in [0.717, 1.165) is 6.42 Å². The molecular formula is C8H11NO2. The quantitative estimate of drug-likeness (QED) is 0.541. The van der Waals surface area contributed by atoms with Gasteiger partial charge in [-0.05, 0) is 24.9 Å². The van der Waals surface area contributed by atoms with Crippen LogP contribution in [-0.4, -0.2) is 5.78 Å². The van der Waals surface area contributed by atoms with E-state index >= 15 is 0 Å². The number of rotatable bonds is 1. The van der Waals surface area contributed by atoms with Crippen LogP contribution >= 0.6 is 0 Å². The number of nitroso groups, excluding NO2 is 1. The molecule has 11 heavy (non-hydrogen) atoms. The first-order valence-electron chi connectivity index (χ1n) is 3.74. The Hall–Kier alpha value is -0.990. The molecule has 1 atom stereocenters. The molecule has 60 valence electrons. The third-order valence-corrected chi connectivity index (χ3v) is 2.17. The third-order valence-electron chi connectivity index (χ3n) is 2.17. The van der Waals surface area contributed by atoms with E-state index in [0.29, 0.717) is 17.7 Å². The molecule has 0 aromatic rings. The van der Waals surface area contributed by atoms with E-state index in [1.807, 2.05) is 6.92 Å². The number of ketones is 1. The van der Waals surface area contributed by atoms with Crippen molar-refractivity contribution in [2.24, 2.45) is 11.1 Å². The summed E-state index contributed by atoms with van der Waals surface area (Å²) < 4.78 is 0. The number of carbonyl (C=O) groups is 1. The topological polar surface area (TPSA) is 46.5 Å². The lowest BCUT2D eigenvalue weighted by molar-refractivity contribution is -0.119. The average molecular weight is 153 g/mol. The van der Waals surface area contributed by atoms with Crippen LogP contribution in [0.1, 0.15) is 26.7 Å². The molecule has 0 radical (unpaired) electrons. The Kier molecular flexibility index (Phi) is 2.17. The SMILES string of the molecule is CC1=C(N=O)CCC(C)C1=O. The molecule has 1 aliphatic rings. The number of hydrogen-bond acceptors (Lipinski definition) is 3. The first-order chi connectivity index (χ1) is 5.16. The van der Waals surface area contributed by atoms with Gasteiger partial charge in [-0.25, -0.2) is 0 Å². The van der Waals surface area contributed by atoms with E-state index < -0.39 is 0 Å². The molecule has 0 heterocycles. The van der Waals surface area contributed by atoms with Gasteiger partial charge in [0.1, 0.15) is 0 Å². The van der Waals surface area contributed by atoms with Gasteiger partial charge in [-0.2, -0.15) is 0 Å². The van der Waals surface area contributed by atoms with Gasteiger partial charge in [0.05, 0.1) is 5.70 Å². The van der Waals surface area contributed by atoms with E-state index in [4.69, 9.17) is 0 Å². The first-order valence-corrected chi connectivity index (χ1v) is 3.74. The molecule has 0 aromatic heterocycles. The Morgan fingerprint density at radius 3 is 2.73 bits per heavy atom. The van der Waals surface area contributed by atoms with Crippen LogP contribution in [0.2, 0.25) is 0 Å². The molecule has 1 aliphatic carbocycles. The molecule has 3 heteroatoms. The summed E-state index contributed by atoms with van der Waals surface area (Å²) in [4.78, 5) is 21.4. The van der Waals surface area contributed by atoms with E-state index in [9.17, 15) is 9.70 Å². The summed E-state index contributed by atoms with van der Waals surface area (Å²) in [6.07, 6.45) is 1.42. The van der Waals surface area contributed by atoms with Gasteiger partial charge in [0.25, 0.3) is 0 Å². The number of nitrogens with zero attached hydrogens (tertiary/aromatic N) is 1. The molecule has 0 fully saturated rings. The van der Waals surface area contributed by atoms with Crippen LogP contribution in [-0.2, 0) is 4.79 Å². The van der Waals surface area contributed by atoms with Crippen molar-refractivity contribution in [2.75, 3.05) is 0 Å². The van der Waals surface area contributed by atoms with Gasteiger partial charge >= 0.3 is 0 Å². The highest BCUT2D eigenvalue weighted by atomic mass is 16.3. The highest BCUT2D eigenvalue weighted by molar-refractivity contribution is 5.97. The number of allylic oxidation sites excluding steroid dienone is 2. The minimum atomic E-state index is 0.0699. The molecule has 0 bridgehead atoms. The number of Topliss-reactive ketones (excluding diaryl/α,β-unsaturated/α-hetero) is 1. The fourth-order valence-corrected chi connectivity index (χ4v) is 1.30. The maximum atomic E-state index is 11.2. The van der Waals surface area contributed by atoms with E-state index in [1.165, 1.54) is 0 Å². The highest BCUT2D eigenvalue weighted by Crippen LogP contribution is 2.26. The minimum Gasteiger partial charge on any atom is -0.294 e. The molecule has 0 aliphatic heterocycles. The third kappa shape index (κ3) is 1.37. The van der Waals surface area contributed by atoms with Crippen LogP contribution < -0.4 is 0 Å². The van der Waals surface area contributed by atoms with Crippen molar-refractivity contribution in [3.63, 3.8) is 0 Å². The Balaban J connectivity index is 2.95. The van der Waals surface area contributed by atoms with Crippen molar-refractivity contribution in [3.05, 3.63) is 16.2 Å². The maximum Gasteiger partial charge on any atom is 0.163 e. The summed E-state index contributed by atoms with van der Waals surface area (Å²) in [7, 11) is 0. The minimum absolute atomic E-state index is 0.0699. The molecule has 0 amide bonds. The number of carbonyl (C=O) groups excluding carboxylic acids is 1. The molecule has 1 unspecified atom stereocenters. The van der Waals surface area contributed by atoms with E-state index in [1.54, 1.807) is 6.92 Å². The second-order valence-corrected chi connectivity index (χ2v) is 2.97. The fraction of sp³-hybridized carbons (Fsp3) is 0.625. The predicted octanol–water partition coefficient (Wildman–Crippen LogP) is 2.03. The zero-order chi connectivity index (χ0) is 8.43. The van der Waals surface area contributed by atoms with Crippen LogP contribution in [0.4, 0.5) is 0 Å². The molecule has 0 spiro atoms. The summed E-state index contributed by atoms with van der Waals surface area (Å²) in [5.74, 6) is 0.145. The molecule has 0 saturated carbocycles. The van der Waals surface area contributed by atoms with Crippen LogP contribution in [0.5, 0.6) is 0 Å². The molecule has 3 nitrogen and oxygen atoms in total. The lowest BCUT2D eigenvalue weighted by atomic mass is 9.88. The molecule has 0 saturated heterocycles. The first kappa shape index (κ1) is 8.11. The number of hydrogen-bond donors (Lipinski definition) is 0. The largest absolute Gasteiger partial charge is 0.294 e. The zero-order valence-corrected chi connectivity index (χ0v) is 6.76. The molecule has 1 rings (SSSR count). The van der Waals surface area contributed by atoms with Crippen molar-refractivity contribution >= 4 is 5.78 Å². The summed E-state index contributed by atoms with van der Waals surface area (Å²) in [6, 6.07) is 0. The Morgan fingerprint density at radius 2 is 2.18 bits per heavy atom. The van der Waals surface area contributed by atoms with Crippen LogP contribution in [0, 0.1) is 10.8 Å². The van der Waals surface area contributed by atoms with Crippen molar-refractivity contribution < 1.29 is 4.79 Å². The van der Waals surface area contributed by atoms with Crippen molar-refractivity contribution in [3.8, 4) is 0 Å². The highest BCUT2D eigenvalue weighted by Gasteiger charge is 2.23. The van der Waals surface area contributed by atoms with E-state index in [2.05, 4.69) is 5.18 Å². The van der Waals surface area contributed by atoms with Gasteiger partial charge in [-0.3, -0.25) is 4.79 Å². The van der Waals surface area contributed by atoms with Gasteiger partial charge in [-0.15, -0.1) is 4.91 Å². The van der Waals surface area contributed by atoms with Gasteiger partial charge in [0.15, 0.2) is 5.78 Å². The fourth-order valence-electron chi connectivity index (χ4n) is 1.30. The average Bonchev–Trinajstić information content (AvgIpc) is 2.01. The van der Waals surface area contributed by atoms with Crippen LogP contribution in [0.3, 0.4) is 0 Å². The zero-order valence-electron chi connectivity index (χ0n) is 6.76. The molecule has 0 aromatic carbocycles. The summed E-state index contributed by atoms with van der Waals surface area (Å²) in [5.41, 5.74) is 0.992. The lowest BCUT2D eigenvalue weighted by Crippen LogP contribution is -2.18. The summed E-state index contributed by atoms with van der Waals surface area (Å²) in [6.45, 7) is 3.56. The normalized spacial score (nSPS) is 25.6. The van der Waals surface area contributed by atoms with Gasteiger partial charge in [-0.1, -0.05) is 6.92 Å². The second-order valence-electron chi connectivity index (χ2n) is 2.97. The maximum absolute atomic E-state index is 11.2. The smallest absolute Gasteiger partial charge is 0.163 e. The monoisotopic (exact) mass is 153 g/mol. The Labute approximate surface area is 65.5 Å². The summed E-state index contributed by atoms with van der Waals surface area (Å²) >= 11 is 0. The summed E-state index contributed by atoms with van der Waals surface area (Å²) in [5, 5.41) is 2.82. The van der Waals surface area contributed by atoms with Crippen molar-refractivity contribution in [1.82, 2.24) is 0 Å². The van der Waals surface area contributed by atoms with Gasteiger partial charge in [0, 0.05) is 11.5 Å². The molecular weight excluding hydrogens is 142 g/mol. The van der Waals surface area contributed by atoms with Crippen LogP contribution in [0.15, 0.2) is 16.4 Å². The lowest BCUT2D eigenvalue weighted by Gasteiger charge is -2.16.